The number of thioether (sulfide) groups is 1. The molecule has 2 heterocycles. The topological polar surface area (TPSA) is 21.3 Å². The molecule has 0 bridgehead atoms. The minimum atomic E-state index is -0.159. The van der Waals surface area contributed by atoms with Crippen molar-refractivity contribution >= 4 is 34.4 Å². The summed E-state index contributed by atoms with van der Waals surface area (Å²) in [6.45, 7) is 0.848. The van der Waals surface area contributed by atoms with Gasteiger partial charge in [0.1, 0.15) is 5.82 Å². The lowest BCUT2D eigenvalue weighted by Crippen LogP contribution is -2.43. The highest BCUT2D eigenvalue weighted by Gasteiger charge is 2.42. The summed E-state index contributed by atoms with van der Waals surface area (Å²) in [5.74, 6) is 2.74. The minimum absolute atomic E-state index is 0.0914. The van der Waals surface area contributed by atoms with Gasteiger partial charge in [0.25, 0.3) is 0 Å². The number of benzene rings is 1. The Balaban J connectivity index is 1.82. The van der Waals surface area contributed by atoms with Crippen LogP contribution in [-0.4, -0.2) is 30.8 Å². The van der Waals surface area contributed by atoms with Crippen LogP contribution >= 0.6 is 34.4 Å². The quantitative estimate of drug-likeness (QED) is 0.746. The first-order valence-electron chi connectivity index (χ1n) is 7.47. The first-order chi connectivity index (χ1) is 10.1. The number of hydrogen-bond acceptors (Lipinski definition) is 3. The van der Waals surface area contributed by atoms with Crippen LogP contribution in [0.4, 0.5) is 4.39 Å². The molecule has 21 heavy (non-hydrogen) atoms. The average Bonchev–Trinajstić information content (AvgIpc) is 2.90. The van der Waals surface area contributed by atoms with Gasteiger partial charge >= 0.3 is 0 Å². The maximum absolute atomic E-state index is 13.3. The van der Waals surface area contributed by atoms with Crippen LogP contribution in [0.1, 0.15) is 30.9 Å². The Labute approximate surface area is 143 Å². The Morgan fingerprint density at radius 3 is 3.05 bits per heavy atom. The molecule has 3 unspecified atom stereocenters. The summed E-state index contributed by atoms with van der Waals surface area (Å²) in [6, 6.07) is 5.41. The van der Waals surface area contributed by atoms with Crippen molar-refractivity contribution in [3.63, 3.8) is 0 Å². The summed E-state index contributed by atoms with van der Waals surface area (Å²) < 4.78 is 20.5. The predicted molar refractivity (Wildman–Crippen MR) is 94.3 cm³/mol. The Morgan fingerprint density at radius 1 is 1.52 bits per heavy atom. The molecule has 0 aliphatic carbocycles. The lowest BCUT2D eigenvalue weighted by Gasteiger charge is -2.41. The molecule has 0 radical (unpaired) electrons. The summed E-state index contributed by atoms with van der Waals surface area (Å²) in [4.78, 5) is 0. The van der Waals surface area contributed by atoms with Gasteiger partial charge in [-0.2, -0.15) is 11.8 Å². The van der Waals surface area contributed by atoms with E-state index in [9.17, 15) is 4.39 Å². The smallest absolute Gasteiger partial charge is 0.124 e. The van der Waals surface area contributed by atoms with Crippen molar-refractivity contribution in [1.29, 1.82) is 0 Å². The largest absolute Gasteiger partial charge is 0.374 e. The van der Waals surface area contributed by atoms with Crippen LogP contribution in [0.25, 0.3) is 0 Å². The number of nitrogens with one attached hydrogen (secondary N) is 1. The van der Waals surface area contributed by atoms with E-state index in [0.717, 1.165) is 28.8 Å². The zero-order valence-corrected chi connectivity index (χ0v) is 15.2. The van der Waals surface area contributed by atoms with Crippen LogP contribution in [0, 0.1) is 15.3 Å². The standard InChI is InChI=1S/C16H21FINOS/c1-19-15(13-3-2-12(17)8-14(13)18)11-4-6-20-16(9-11)5-7-21-10-16/h2-3,8,11,15,19H,4-7,9-10H2,1H3. The molecule has 3 atom stereocenters. The van der Waals surface area contributed by atoms with E-state index in [2.05, 4.69) is 27.9 Å². The number of hydrogen-bond donors (Lipinski definition) is 1. The van der Waals surface area contributed by atoms with Crippen LogP contribution in [0.3, 0.4) is 0 Å². The third kappa shape index (κ3) is 3.41. The zero-order chi connectivity index (χ0) is 14.9. The normalized spacial score (nSPS) is 30.7. The first kappa shape index (κ1) is 16.0. The molecule has 0 aromatic heterocycles. The summed E-state index contributed by atoms with van der Waals surface area (Å²) in [7, 11) is 2.01. The summed E-state index contributed by atoms with van der Waals surface area (Å²) in [6.07, 6.45) is 3.36. The number of halogens is 2. The molecule has 0 saturated carbocycles. The molecule has 0 amide bonds. The van der Waals surface area contributed by atoms with E-state index in [1.54, 1.807) is 12.1 Å². The Kier molecular flexibility index (Phi) is 5.13. The maximum atomic E-state index is 13.3. The molecular formula is C16H21FINOS. The zero-order valence-electron chi connectivity index (χ0n) is 12.2. The van der Waals surface area contributed by atoms with E-state index >= 15 is 0 Å². The van der Waals surface area contributed by atoms with E-state index in [0.29, 0.717) is 5.92 Å². The summed E-state index contributed by atoms with van der Waals surface area (Å²) in [5, 5.41) is 3.47. The number of rotatable bonds is 3. The van der Waals surface area contributed by atoms with Crippen molar-refractivity contribution in [3.8, 4) is 0 Å². The maximum Gasteiger partial charge on any atom is 0.124 e. The monoisotopic (exact) mass is 421 g/mol. The van der Waals surface area contributed by atoms with E-state index in [-0.39, 0.29) is 17.5 Å². The second-order valence-corrected chi connectivity index (χ2v) is 8.29. The molecule has 1 spiro atoms. The lowest BCUT2D eigenvalue weighted by atomic mass is 9.79. The van der Waals surface area contributed by atoms with Gasteiger partial charge < -0.3 is 10.1 Å². The molecule has 3 rings (SSSR count). The van der Waals surface area contributed by atoms with Crippen molar-refractivity contribution in [3.05, 3.63) is 33.1 Å². The van der Waals surface area contributed by atoms with Crippen molar-refractivity contribution in [2.45, 2.75) is 30.9 Å². The van der Waals surface area contributed by atoms with Crippen molar-refractivity contribution in [2.24, 2.45) is 5.92 Å². The molecule has 1 aromatic rings. The Bertz CT molecular complexity index is 507. The molecule has 2 fully saturated rings. The van der Waals surface area contributed by atoms with Gasteiger partial charge in [-0.15, -0.1) is 0 Å². The van der Waals surface area contributed by atoms with Gasteiger partial charge in [-0.1, -0.05) is 6.07 Å². The second-order valence-electron chi connectivity index (χ2n) is 6.02. The highest BCUT2D eigenvalue weighted by Crippen LogP contribution is 2.44. The average molecular weight is 421 g/mol. The first-order valence-corrected chi connectivity index (χ1v) is 9.71. The molecule has 2 saturated heterocycles. The molecule has 2 nitrogen and oxygen atoms in total. The van der Waals surface area contributed by atoms with Crippen molar-refractivity contribution in [2.75, 3.05) is 25.2 Å². The lowest BCUT2D eigenvalue weighted by molar-refractivity contribution is -0.0851. The van der Waals surface area contributed by atoms with Gasteiger partial charge in [-0.25, -0.2) is 4.39 Å². The molecule has 116 valence electrons. The van der Waals surface area contributed by atoms with E-state index in [1.165, 1.54) is 17.7 Å². The van der Waals surface area contributed by atoms with Gasteiger partial charge in [0.05, 0.1) is 5.60 Å². The van der Waals surface area contributed by atoms with Crippen LogP contribution in [-0.2, 0) is 4.74 Å². The Morgan fingerprint density at radius 2 is 2.38 bits per heavy atom. The second kappa shape index (κ2) is 6.72. The van der Waals surface area contributed by atoms with Gasteiger partial charge in [-0.3, -0.25) is 0 Å². The van der Waals surface area contributed by atoms with Gasteiger partial charge in [0, 0.05) is 22.0 Å². The van der Waals surface area contributed by atoms with Crippen LogP contribution in [0.15, 0.2) is 18.2 Å². The van der Waals surface area contributed by atoms with Crippen LogP contribution in [0.2, 0.25) is 0 Å². The summed E-state index contributed by atoms with van der Waals surface area (Å²) >= 11 is 4.25. The van der Waals surface area contributed by atoms with Gasteiger partial charge in [-0.05, 0) is 78.3 Å². The van der Waals surface area contributed by atoms with E-state index in [4.69, 9.17) is 4.74 Å². The highest BCUT2D eigenvalue weighted by molar-refractivity contribution is 14.1. The Hall–Kier alpha value is 0.150. The van der Waals surface area contributed by atoms with Crippen LogP contribution < -0.4 is 5.32 Å². The predicted octanol–water partition coefficient (Wildman–Crippen LogP) is 3.99. The highest BCUT2D eigenvalue weighted by atomic mass is 127. The number of ether oxygens (including phenoxy) is 1. The van der Waals surface area contributed by atoms with Crippen LogP contribution in [0.5, 0.6) is 0 Å². The molecule has 1 aromatic carbocycles. The van der Waals surface area contributed by atoms with Gasteiger partial charge in [0.15, 0.2) is 0 Å². The van der Waals surface area contributed by atoms with E-state index < -0.39 is 0 Å². The minimum Gasteiger partial charge on any atom is -0.374 e. The van der Waals surface area contributed by atoms with E-state index in [1.807, 2.05) is 24.9 Å². The van der Waals surface area contributed by atoms with Gasteiger partial charge in [0.2, 0.25) is 0 Å². The van der Waals surface area contributed by atoms with Crippen molar-refractivity contribution < 1.29 is 9.13 Å². The van der Waals surface area contributed by atoms with Crippen molar-refractivity contribution in [1.82, 2.24) is 5.32 Å². The molecular weight excluding hydrogens is 400 g/mol. The molecule has 2 aliphatic heterocycles. The fraction of sp³-hybridized carbons (Fsp3) is 0.625. The molecule has 1 N–H and O–H groups in total. The fourth-order valence-electron chi connectivity index (χ4n) is 3.61. The third-order valence-electron chi connectivity index (χ3n) is 4.68. The molecule has 5 heteroatoms. The molecule has 2 aliphatic rings. The SMILES string of the molecule is CNC(c1ccc(F)cc1I)C1CCOC2(CCSC2)C1. The summed E-state index contributed by atoms with van der Waals surface area (Å²) in [5.41, 5.74) is 1.31. The third-order valence-corrected chi connectivity index (χ3v) is 6.84. The fourth-order valence-corrected chi connectivity index (χ4v) is 5.80.